The first-order chi connectivity index (χ1) is 7.15. The highest BCUT2D eigenvalue weighted by atomic mass is 79.9. The fourth-order valence-corrected chi connectivity index (χ4v) is 3.00. The summed E-state index contributed by atoms with van der Waals surface area (Å²) in [5, 5.41) is 0. The van der Waals surface area contributed by atoms with E-state index in [1.165, 1.54) is 18.2 Å². The Labute approximate surface area is 96.8 Å². The molecular formula is C12H13BrF2. The van der Waals surface area contributed by atoms with Crippen LogP contribution in [0.1, 0.15) is 24.8 Å². The fraction of sp³-hybridized carbons (Fsp3) is 0.500. The van der Waals surface area contributed by atoms with Crippen molar-refractivity contribution < 1.29 is 8.78 Å². The van der Waals surface area contributed by atoms with Crippen molar-refractivity contribution in [1.82, 2.24) is 0 Å². The molecule has 0 bridgehead atoms. The van der Waals surface area contributed by atoms with Crippen molar-refractivity contribution in [3.05, 3.63) is 35.4 Å². The number of hydrogen-bond donors (Lipinski definition) is 0. The number of benzene rings is 1. The van der Waals surface area contributed by atoms with E-state index < -0.39 is 0 Å². The molecule has 3 heteroatoms. The molecule has 1 aliphatic carbocycles. The first-order valence-corrected chi connectivity index (χ1v) is 6.14. The van der Waals surface area contributed by atoms with Gasteiger partial charge in [-0.05, 0) is 55.4 Å². The van der Waals surface area contributed by atoms with Crippen molar-refractivity contribution in [3.8, 4) is 0 Å². The monoisotopic (exact) mass is 274 g/mol. The summed E-state index contributed by atoms with van der Waals surface area (Å²) in [7, 11) is 0. The third kappa shape index (κ3) is 2.77. The molecule has 0 heterocycles. The standard InChI is InChI=1S/C12H13BrF2/c13-10-2-1-8(6-10)5-9-7-11(14)3-4-12(9)15/h3-4,7-8,10H,1-2,5-6H2. The minimum Gasteiger partial charge on any atom is -0.207 e. The van der Waals surface area contributed by atoms with Crippen molar-refractivity contribution in [2.24, 2.45) is 5.92 Å². The molecule has 2 rings (SSSR count). The van der Waals surface area contributed by atoms with E-state index >= 15 is 0 Å². The van der Waals surface area contributed by atoms with Crippen LogP contribution in [0.25, 0.3) is 0 Å². The molecule has 1 saturated carbocycles. The largest absolute Gasteiger partial charge is 0.207 e. The highest BCUT2D eigenvalue weighted by molar-refractivity contribution is 9.09. The SMILES string of the molecule is Fc1ccc(F)c(CC2CCC(Br)C2)c1. The highest BCUT2D eigenvalue weighted by Gasteiger charge is 2.23. The van der Waals surface area contributed by atoms with E-state index in [2.05, 4.69) is 15.9 Å². The van der Waals surface area contributed by atoms with Crippen molar-refractivity contribution in [2.75, 3.05) is 0 Å². The van der Waals surface area contributed by atoms with Gasteiger partial charge in [-0.1, -0.05) is 15.9 Å². The van der Waals surface area contributed by atoms with Crippen LogP contribution in [0.3, 0.4) is 0 Å². The van der Waals surface area contributed by atoms with Crippen LogP contribution < -0.4 is 0 Å². The number of halogens is 3. The van der Waals surface area contributed by atoms with Gasteiger partial charge >= 0.3 is 0 Å². The topological polar surface area (TPSA) is 0 Å². The van der Waals surface area contributed by atoms with Crippen molar-refractivity contribution in [2.45, 2.75) is 30.5 Å². The van der Waals surface area contributed by atoms with Gasteiger partial charge in [0.15, 0.2) is 0 Å². The molecule has 1 fully saturated rings. The lowest BCUT2D eigenvalue weighted by Gasteiger charge is -2.09. The van der Waals surface area contributed by atoms with Crippen LogP contribution in [0.4, 0.5) is 8.78 Å². The quantitative estimate of drug-likeness (QED) is 0.714. The Kier molecular flexibility index (Phi) is 3.39. The molecule has 0 spiro atoms. The van der Waals surface area contributed by atoms with Gasteiger partial charge in [0.1, 0.15) is 11.6 Å². The summed E-state index contributed by atoms with van der Waals surface area (Å²) in [5.41, 5.74) is 0.515. The maximum atomic E-state index is 13.3. The maximum Gasteiger partial charge on any atom is 0.126 e. The second-order valence-corrected chi connectivity index (χ2v) is 5.51. The number of alkyl halides is 1. The zero-order valence-electron chi connectivity index (χ0n) is 8.35. The van der Waals surface area contributed by atoms with Crippen molar-refractivity contribution in [3.63, 3.8) is 0 Å². The third-order valence-electron chi connectivity index (χ3n) is 2.99. The average Bonchev–Trinajstić information content (AvgIpc) is 2.58. The molecule has 0 nitrogen and oxygen atoms in total. The summed E-state index contributed by atoms with van der Waals surface area (Å²) in [6, 6.07) is 3.70. The fourth-order valence-electron chi connectivity index (χ4n) is 2.21. The molecule has 15 heavy (non-hydrogen) atoms. The van der Waals surface area contributed by atoms with Crippen molar-refractivity contribution in [1.29, 1.82) is 0 Å². The van der Waals surface area contributed by atoms with Crippen LogP contribution in [-0.4, -0.2) is 4.83 Å². The van der Waals surface area contributed by atoms with E-state index in [4.69, 9.17) is 0 Å². The maximum absolute atomic E-state index is 13.3. The Morgan fingerprint density at radius 1 is 1.27 bits per heavy atom. The number of hydrogen-bond acceptors (Lipinski definition) is 0. The molecule has 82 valence electrons. The van der Waals surface area contributed by atoms with Crippen LogP contribution in [0.2, 0.25) is 0 Å². The van der Waals surface area contributed by atoms with Crippen LogP contribution >= 0.6 is 15.9 Å². The van der Waals surface area contributed by atoms with E-state index in [1.807, 2.05) is 0 Å². The molecule has 1 aliphatic rings. The lowest BCUT2D eigenvalue weighted by atomic mass is 9.98. The highest BCUT2D eigenvalue weighted by Crippen LogP contribution is 2.33. The van der Waals surface area contributed by atoms with Gasteiger partial charge in [-0.2, -0.15) is 0 Å². The molecule has 0 aromatic heterocycles. The lowest BCUT2D eigenvalue weighted by Crippen LogP contribution is -2.02. The van der Waals surface area contributed by atoms with E-state index in [0.717, 1.165) is 19.3 Å². The molecule has 1 aromatic carbocycles. The van der Waals surface area contributed by atoms with E-state index in [1.54, 1.807) is 0 Å². The Hall–Kier alpha value is -0.440. The Morgan fingerprint density at radius 2 is 2.07 bits per heavy atom. The Balaban J connectivity index is 2.07. The van der Waals surface area contributed by atoms with Crippen LogP contribution in [0.15, 0.2) is 18.2 Å². The van der Waals surface area contributed by atoms with Crippen molar-refractivity contribution >= 4 is 15.9 Å². The second kappa shape index (κ2) is 4.60. The predicted octanol–water partition coefficient (Wildman–Crippen LogP) is 4.07. The summed E-state index contributed by atoms with van der Waals surface area (Å²) in [6.07, 6.45) is 3.97. The molecule has 0 N–H and O–H groups in total. The zero-order chi connectivity index (χ0) is 10.8. The molecule has 0 aliphatic heterocycles. The molecule has 0 amide bonds. The van der Waals surface area contributed by atoms with Crippen LogP contribution in [0.5, 0.6) is 0 Å². The summed E-state index contributed by atoms with van der Waals surface area (Å²) in [4.78, 5) is 0.555. The first kappa shape index (κ1) is 11.1. The summed E-state index contributed by atoms with van der Waals surface area (Å²) >= 11 is 3.56. The predicted molar refractivity (Wildman–Crippen MR) is 60.1 cm³/mol. The van der Waals surface area contributed by atoms with Gasteiger partial charge in [-0.3, -0.25) is 0 Å². The molecule has 2 atom stereocenters. The second-order valence-electron chi connectivity index (χ2n) is 4.22. The first-order valence-electron chi connectivity index (χ1n) is 5.23. The van der Waals surface area contributed by atoms with Gasteiger partial charge in [-0.15, -0.1) is 0 Å². The summed E-state index contributed by atoms with van der Waals surface area (Å²) in [5.74, 6) is -0.139. The van der Waals surface area contributed by atoms with Gasteiger partial charge in [0.2, 0.25) is 0 Å². The minimum atomic E-state index is -0.347. The average molecular weight is 275 g/mol. The molecule has 0 saturated heterocycles. The zero-order valence-corrected chi connectivity index (χ0v) is 9.94. The van der Waals surface area contributed by atoms with Gasteiger partial charge in [0, 0.05) is 4.83 Å². The van der Waals surface area contributed by atoms with Gasteiger partial charge in [0.25, 0.3) is 0 Å². The Morgan fingerprint density at radius 3 is 2.73 bits per heavy atom. The van der Waals surface area contributed by atoms with E-state index in [-0.39, 0.29) is 11.6 Å². The summed E-state index contributed by atoms with van der Waals surface area (Å²) in [6.45, 7) is 0. The molecule has 0 radical (unpaired) electrons. The lowest BCUT2D eigenvalue weighted by molar-refractivity contribution is 0.516. The smallest absolute Gasteiger partial charge is 0.126 e. The van der Waals surface area contributed by atoms with Crippen LogP contribution in [0, 0.1) is 17.6 Å². The van der Waals surface area contributed by atoms with Gasteiger partial charge in [0.05, 0.1) is 0 Å². The summed E-state index contributed by atoms with van der Waals surface area (Å²) < 4.78 is 26.3. The van der Waals surface area contributed by atoms with Gasteiger partial charge < -0.3 is 0 Å². The Bertz CT molecular complexity index is 351. The van der Waals surface area contributed by atoms with E-state index in [0.29, 0.717) is 22.7 Å². The van der Waals surface area contributed by atoms with Crippen LogP contribution in [-0.2, 0) is 6.42 Å². The normalized spacial score (nSPS) is 25.8. The molecule has 1 aromatic rings. The number of rotatable bonds is 2. The third-order valence-corrected chi connectivity index (χ3v) is 3.83. The molecular weight excluding hydrogens is 262 g/mol. The van der Waals surface area contributed by atoms with E-state index in [9.17, 15) is 8.78 Å². The molecule has 2 unspecified atom stereocenters. The minimum absolute atomic E-state index is 0.283. The van der Waals surface area contributed by atoms with Gasteiger partial charge in [-0.25, -0.2) is 8.78 Å².